The first kappa shape index (κ1) is 22.0. The zero-order chi connectivity index (χ0) is 24.2. The van der Waals surface area contributed by atoms with Crippen molar-refractivity contribution in [2.45, 2.75) is 32.9 Å². The topological polar surface area (TPSA) is 71.0 Å². The van der Waals surface area contributed by atoms with Crippen LogP contribution in [0.5, 0.6) is 17.2 Å². The highest BCUT2D eigenvalue weighted by molar-refractivity contribution is 6.02. The van der Waals surface area contributed by atoms with Crippen LogP contribution in [0.1, 0.15) is 43.0 Å². The van der Waals surface area contributed by atoms with Crippen molar-refractivity contribution in [1.29, 1.82) is 0 Å². The van der Waals surface area contributed by atoms with E-state index in [1.165, 1.54) is 13.2 Å². The van der Waals surface area contributed by atoms with Crippen molar-refractivity contribution in [3.8, 4) is 28.4 Å². The molecule has 3 aromatic rings. The van der Waals surface area contributed by atoms with Crippen LogP contribution >= 0.6 is 0 Å². The minimum atomic E-state index is -0.493. The lowest BCUT2D eigenvalue weighted by molar-refractivity contribution is 0.275. The number of ether oxygens (including phenoxy) is 2. The van der Waals surface area contributed by atoms with Crippen LogP contribution < -0.4 is 14.8 Å². The van der Waals surface area contributed by atoms with E-state index in [1.54, 1.807) is 30.3 Å². The smallest absolute Gasteiger partial charge is 0.172 e. The second-order valence-corrected chi connectivity index (χ2v) is 9.16. The summed E-state index contributed by atoms with van der Waals surface area (Å²) < 4.78 is 26.9. The van der Waals surface area contributed by atoms with Gasteiger partial charge in [0.2, 0.25) is 0 Å². The molecule has 0 aromatic heterocycles. The van der Waals surface area contributed by atoms with Crippen molar-refractivity contribution < 1.29 is 24.1 Å². The summed E-state index contributed by atoms with van der Waals surface area (Å²) in [4.78, 5) is 0. The van der Waals surface area contributed by atoms with Crippen LogP contribution in [0.15, 0.2) is 48.5 Å². The fourth-order valence-corrected chi connectivity index (χ4v) is 4.92. The molecule has 0 saturated heterocycles. The third-order valence-corrected chi connectivity index (χ3v) is 6.24. The lowest BCUT2D eigenvalue weighted by Gasteiger charge is -2.35. The summed E-state index contributed by atoms with van der Waals surface area (Å²) in [5, 5.41) is 23.5. The molecule has 2 aliphatic heterocycles. The predicted octanol–water partition coefficient (Wildman–Crippen LogP) is 6.20. The molecule has 5 nitrogen and oxygen atoms in total. The number of methoxy groups -OCH3 is 1. The van der Waals surface area contributed by atoms with E-state index in [9.17, 15) is 10.2 Å². The van der Waals surface area contributed by atoms with Gasteiger partial charge in [0, 0.05) is 33.5 Å². The maximum Gasteiger partial charge on any atom is 0.172 e. The van der Waals surface area contributed by atoms with Gasteiger partial charge in [-0.3, -0.25) is 0 Å². The van der Waals surface area contributed by atoms with E-state index in [0.29, 0.717) is 28.4 Å². The van der Waals surface area contributed by atoms with Gasteiger partial charge in [-0.1, -0.05) is 30.3 Å². The van der Waals surface area contributed by atoms with Crippen molar-refractivity contribution in [3.05, 3.63) is 76.6 Å². The second-order valence-electron chi connectivity index (χ2n) is 9.16. The molecule has 0 aliphatic carbocycles. The molecule has 0 radical (unpaired) electrons. The Labute approximate surface area is 197 Å². The minimum Gasteiger partial charge on any atom is -0.504 e. The molecule has 0 saturated carbocycles. The predicted molar refractivity (Wildman–Crippen MR) is 132 cm³/mol. The number of fused-ring (bicyclic) bond motifs is 5. The summed E-state index contributed by atoms with van der Waals surface area (Å²) in [7, 11) is 1.50. The number of hydrogen-bond donors (Lipinski definition) is 3. The quantitative estimate of drug-likeness (QED) is 0.435. The molecule has 0 fully saturated rings. The van der Waals surface area contributed by atoms with Crippen LogP contribution in [-0.2, 0) is 6.61 Å². The standard InChI is InChI=1S/C28H26FNO4/c1-15-13-28(2,3)30-19-9-8-18-24(23(15)19)22(12-16-6-5-7-17(14-31)26(16)29)34-21-11-10-20(32)27(33-4)25(18)21/h5-13,30-32H,14H2,1-4H3. The molecule has 0 atom stereocenters. The van der Waals surface area contributed by atoms with E-state index in [2.05, 4.69) is 25.2 Å². The Kier molecular flexibility index (Phi) is 5.14. The normalized spacial score (nSPS) is 16.5. The molecule has 2 heterocycles. The van der Waals surface area contributed by atoms with Gasteiger partial charge in [-0.2, -0.15) is 0 Å². The average Bonchev–Trinajstić information content (AvgIpc) is 2.79. The molecular formula is C28H26FNO4. The molecule has 0 spiro atoms. The van der Waals surface area contributed by atoms with E-state index in [-0.39, 0.29) is 16.9 Å². The van der Waals surface area contributed by atoms with Crippen molar-refractivity contribution >= 4 is 23.1 Å². The number of benzene rings is 3. The van der Waals surface area contributed by atoms with Crippen LogP contribution in [0.3, 0.4) is 0 Å². The molecule has 5 rings (SSSR count). The third-order valence-electron chi connectivity index (χ3n) is 6.24. The Morgan fingerprint density at radius 1 is 1.09 bits per heavy atom. The van der Waals surface area contributed by atoms with Crippen LogP contribution in [0.25, 0.3) is 28.5 Å². The van der Waals surface area contributed by atoms with Crippen molar-refractivity contribution in [3.63, 3.8) is 0 Å². The summed E-state index contributed by atoms with van der Waals surface area (Å²) in [5.74, 6) is 0.798. The van der Waals surface area contributed by atoms with E-state index < -0.39 is 12.4 Å². The summed E-state index contributed by atoms with van der Waals surface area (Å²) in [5.41, 5.74) is 5.45. The molecule has 174 valence electrons. The van der Waals surface area contributed by atoms with Gasteiger partial charge in [-0.05, 0) is 50.6 Å². The first-order chi connectivity index (χ1) is 16.2. The van der Waals surface area contributed by atoms with Crippen molar-refractivity contribution in [2.75, 3.05) is 12.4 Å². The molecular weight excluding hydrogens is 433 g/mol. The van der Waals surface area contributed by atoms with Gasteiger partial charge in [-0.15, -0.1) is 0 Å². The lowest BCUT2D eigenvalue weighted by Crippen LogP contribution is -2.32. The van der Waals surface area contributed by atoms with Crippen LogP contribution in [0.4, 0.5) is 10.1 Å². The van der Waals surface area contributed by atoms with Gasteiger partial charge in [0.25, 0.3) is 0 Å². The Morgan fingerprint density at radius 3 is 2.62 bits per heavy atom. The number of phenolic OH excluding ortho intramolecular Hbond substituents is 1. The zero-order valence-electron chi connectivity index (χ0n) is 19.5. The van der Waals surface area contributed by atoms with Gasteiger partial charge >= 0.3 is 0 Å². The molecule has 0 bridgehead atoms. The van der Waals surface area contributed by atoms with Crippen molar-refractivity contribution in [1.82, 2.24) is 0 Å². The number of nitrogens with one attached hydrogen (secondary N) is 1. The van der Waals surface area contributed by atoms with Crippen LogP contribution in [0.2, 0.25) is 0 Å². The van der Waals surface area contributed by atoms with E-state index in [1.807, 2.05) is 19.1 Å². The molecule has 3 N–H and O–H groups in total. The number of hydrogen-bond acceptors (Lipinski definition) is 5. The fourth-order valence-electron chi connectivity index (χ4n) is 4.92. The summed E-state index contributed by atoms with van der Waals surface area (Å²) in [6.07, 6.45) is 3.80. The number of rotatable bonds is 3. The number of aliphatic hydroxyl groups excluding tert-OH is 1. The Bertz CT molecular complexity index is 1390. The number of allylic oxidation sites excluding steroid dienone is 1. The molecule has 0 amide bonds. The number of halogens is 1. The molecule has 3 aromatic carbocycles. The highest BCUT2D eigenvalue weighted by Gasteiger charge is 2.33. The van der Waals surface area contributed by atoms with Gasteiger partial charge in [-0.25, -0.2) is 4.39 Å². The maximum atomic E-state index is 15.1. The first-order valence-corrected chi connectivity index (χ1v) is 11.1. The largest absolute Gasteiger partial charge is 0.504 e. The average molecular weight is 460 g/mol. The third kappa shape index (κ3) is 3.42. The Balaban J connectivity index is 1.84. The Hall–Kier alpha value is -3.77. The first-order valence-electron chi connectivity index (χ1n) is 11.1. The highest BCUT2D eigenvalue weighted by Crippen LogP contribution is 2.54. The van der Waals surface area contributed by atoms with Crippen LogP contribution in [-0.4, -0.2) is 22.9 Å². The molecule has 6 heteroatoms. The van der Waals surface area contributed by atoms with E-state index in [0.717, 1.165) is 28.0 Å². The maximum absolute atomic E-state index is 15.1. The lowest BCUT2D eigenvalue weighted by atomic mass is 9.82. The van der Waals surface area contributed by atoms with E-state index >= 15 is 4.39 Å². The van der Waals surface area contributed by atoms with E-state index in [4.69, 9.17) is 9.47 Å². The minimum absolute atomic E-state index is 0.00849. The molecule has 0 unspecified atom stereocenters. The number of anilines is 1. The number of phenols is 1. The van der Waals surface area contributed by atoms with Gasteiger partial charge in [0.1, 0.15) is 17.3 Å². The van der Waals surface area contributed by atoms with Gasteiger partial charge in [0.05, 0.1) is 24.8 Å². The van der Waals surface area contributed by atoms with Crippen LogP contribution in [0, 0.1) is 5.82 Å². The molecule has 34 heavy (non-hydrogen) atoms. The van der Waals surface area contributed by atoms with Gasteiger partial charge in [0.15, 0.2) is 11.5 Å². The Morgan fingerprint density at radius 2 is 1.88 bits per heavy atom. The highest BCUT2D eigenvalue weighted by atomic mass is 19.1. The number of aliphatic hydroxyl groups is 1. The summed E-state index contributed by atoms with van der Waals surface area (Å²) in [6.45, 7) is 5.84. The SMILES string of the molecule is COc1c(O)ccc2c1-c1ccc3c(c1C(=Cc1cccc(CO)c1F)O2)C(C)=CC(C)(C)N3. The second kappa shape index (κ2) is 7.92. The number of aromatic hydroxyl groups is 1. The van der Waals surface area contributed by atoms with Gasteiger partial charge < -0.3 is 25.0 Å². The molecule has 2 aliphatic rings. The summed E-state index contributed by atoms with van der Waals surface area (Å²) in [6, 6.07) is 12.1. The van der Waals surface area contributed by atoms with Crippen molar-refractivity contribution in [2.24, 2.45) is 0 Å². The monoisotopic (exact) mass is 459 g/mol. The zero-order valence-corrected chi connectivity index (χ0v) is 19.5. The summed E-state index contributed by atoms with van der Waals surface area (Å²) >= 11 is 0. The fraction of sp³-hybridized carbons (Fsp3) is 0.214.